The van der Waals surface area contributed by atoms with E-state index in [2.05, 4.69) is 9.97 Å². The van der Waals surface area contributed by atoms with Crippen molar-refractivity contribution >= 4 is 21.6 Å². The number of aliphatic hydroxyl groups excluding tert-OH is 2. The highest BCUT2D eigenvalue weighted by molar-refractivity contribution is 7.18. The van der Waals surface area contributed by atoms with Crippen LogP contribution >= 0.6 is 11.3 Å². The lowest BCUT2D eigenvalue weighted by Gasteiger charge is -2.11. The molecule has 0 aliphatic rings. The lowest BCUT2D eigenvalue weighted by atomic mass is 10.2. The Morgan fingerprint density at radius 2 is 2.21 bits per heavy atom. The van der Waals surface area contributed by atoms with E-state index in [-0.39, 0.29) is 37.3 Å². The quantitative estimate of drug-likeness (QED) is 0.719. The molecule has 2 rings (SSSR count). The van der Waals surface area contributed by atoms with E-state index < -0.39 is 0 Å². The molecule has 2 aromatic heterocycles. The first-order chi connectivity index (χ1) is 9.17. The molecule has 0 atom stereocenters. The number of ether oxygens (including phenoxy) is 1. The third-order valence-electron chi connectivity index (χ3n) is 2.75. The number of aliphatic hydroxyl groups is 2. The van der Waals surface area contributed by atoms with Crippen molar-refractivity contribution in [3.05, 3.63) is 21.3 Å². The minimum Gasteiger partial charge on any atom is -0.464 e. The molecule has 0 spiro atoms. The number of rotatable bonds is 6. The molecule has 3 N–H and O–H groups in total. The number of thiophene rings is 1. The zero-order valence-electron chi connectivity index (χ0n) is 10.5. The molecule has 19 heavy (non-hydrogen) atoms. The number of aryl methyl sites for hydroxylation is 1. The first kappa shape index (κ1) is 14.0. The maximum absolute atomic E-state index is 11.8. The fourth-order valence-corrected chi connectivity index (χ4v) is 2.52. The van der Waals surface area contributed by atoms with Crippen LogP contribution in [0.2, 0.25) is 0 Å². The third-order valence-corrected chi connectivity index (χ3v) is 3.93. The SMILES string of the molecule is CCc1cc2c(=O)[nH]c(OCC(CO)CO)nc2s1. The highest BCUT2D eigenvalue weighted by atomic mass is 32.1. The smallest absolute Gasteiger partial charge is 0.297 e. The van der Waals surface area contributed by atoms with Crippen LogP contribution in [0.15, 0.2) is 10.9 Å². The predicted molar refractivity (Wildman–Crippen MR) is 72.8 cm³/mol. The van der Waals surface area contributed by atoms with Gasteiger partial charge >= 0.3 is 0 Å². The van der Waals surface area contributed by atoms with E-state index in [9.17, 15) is 4.79 Å². The van der Waals surface area contributed by atoms with Gasteiger partial charge < -0.3 is 14.9 Å². The molecule has 0 aromatic carbocycles. The molecule has 0 aliphatic heterocycles. The van der Waals surface area contributed by atoms with Crippen molar-refractivity contribution in [3.8, 4) is 6.01 Å². The van der Waals surface area contributed by atoms with Gasteiger partial charge in [-0.1, -0.05) is 6.92 Å². The first-order valence-electron chi connectivity index (χ1n) is 6.05. The number of nitrogens with zero attached hydrogens (tertiary/aromatic N) is 1. The number of aromatic amines is 1. The molecule has 6 nitrogen and oxygen atoms in total. The van der Waals surface area contributed by atoms with Crippen LogP contribution in [0.5, 0.6) is 6.01 Å². The van der Waals surface area contributed by atoms with E-state index in [1.807, 2.05) is 13.0 Å². The second-order valence-electron chi connectivity index (χ2n) is 4.20. The average molecular weight is 284 g/mol. The summed E-state index contributed by atoms with van der Waals surface area (Å²) in [6, 6.07) is 1.95. The predicted octanol–water partition coefficient (Wildman–Crippen LogP) is 0.527. The van der Waals surface area contributed by atoms with Crippen LogP contribution in [0.3, 0.4) is 0 Å². The molecule has 0 saturated heterocycles. The molecule has 2 heterocycles. The topological polar surface area (TPSA) is 95.4 Å². The minimum atomic E-state index is -0.379. The molecule has 2 aromatic rings. The Morgan fingerprint density at radius 1 is 1.47 bits per heavy atom. The van der Waals surface area contributed by atoms with E-state index in [0.717, 1.165) is 11.3 Å². The Balaban J connectivity index is 2.22. The number of hydrogen-bond donors (Lipinski definition) is 3. The molecule has 0 amide bonds. The van der Waals surface area contributed by atoms with Crippen molar-refractivity contribution in [1.82, 2.24) is 9.97 Å². The summed E-state index contributed by atoms with van der Waals surface area (Å²) in [5.74, 6) is -0.379. The maximum atomic E-state index is 11.8. The largest absolute Gasteiger partial charge is 0.464 e. The van der Waals surface area contributed by atoms with Crippen LogP contribution in [-0.4, -0.2) is 40.0 Å². The van der Waals surface area contributed by atoms with Gasteiger partial charge in [0.25, 0.3) is 11.6 Å². The van der Waals surface area contributed by atoms with Crippen molar-refractivity contribution in [1.29, 1.82) is 0 Å². The third kappa shape index (κ3) is 3.12. The van der Waals surface area contributed by atoms with E-state index in [4.69, 9.17) is 14.9 Å². The summed E-state index contributed by atoms with van der Waals surface area (Å²) >= 11 is 1.46. The minimum absolute atomic E-state index is 0.105. The monoisotopic (exact) mass is 284 g/mol. The van der Waals surface area contributed by atoms with Crippen LogP contribution in [-0.2, 0) is 6.42 Å². The summed E-state index contributed by atoms with van der Waals surface area (Å²) in [6.45, 7) is 1.76. The molecule has 0 fully saturated rings. The highest BCUT2D eigenvalue weighted by Crippen LogP contribution is 2.22. The molecular weight excluding hydrogens is 268 g/mol. The normalized spacial score (nSPS) is 11.4. The molecule has 0 saturated carbocycles. The molecule has 0 aliphatic carbocycles. The standard InChI is InChI=1S/C12H16N2O4S/c1-2-8-3-9-10(17)13-12(14-11(9)19-8)18-6-7(4-15)5-16/h3,7,15-16H,2,4-6H2,1H3,(H,13,14,17). The summed E-state index contributed by atoms with van der Waals surface area (Å²) in [5.41, 5.74) is -0.236. The lowest BCUT2D eigenvalue weighted by Crippen LogP contribution is -2.21. The van der Waals surface area contributed by atoms with Crippen molar-refractivity contribution in [3.63, 3.8) is 0 Å². The summed E-state index contributed by atoms with van der Waals surface area (Å²) in [4.78, 5) is 20.3. The fourth-order valence-electron chi connectivity index (χ4n) is 1.56. The van der Waals surface area contributed by atoms with Gasteiger partial charge in [0, 0.05) is 10.8 Å². The van der Waals surface area contributed by atoms with Gasteiger partial charge in [0.05, 0.1) is 25.2 Å². The zero-order chi connectivity index (χ0) is 13.8. The zero-order valence-corrected chi connectivity index (χ0v) is 11.4. The fraction of sp³-hybridized carbons (Fsp3) is 0.500. The average Bonchev–Trinajstić information content (AvgIpc) is 2.83. The molecule has 0 unspecified atom stereocenters. The van der Waals surface area contributed by atoms with Gasteiger partial charge in [-0.25, -0.2) is 0 Å². The number of nitrogens with one attached hydrogen (secondary N) is 1. The van der Waals surface area contributed by atoms with Gasteiger partial charge in [-0.2, -0.15) is 4.98 Å². The number of H-pyrrole nitrogens is 1. The van der Waals surface area contributed by atoms with Crippen molar-refractivity contribution in [2.75, 3.05) is 19.8 Å². The second kappa shape index (κ2) is 6.14. The lowest BCUT2D eigenvalue weighted by molar-refractivity contribution is 0.102. The Morgan fingerprint density at radius 3 is 2.84 bits per heavy atom. The molecule has 7 heteroatoms. The van der Waals surface area contributed by atoms with Crippen LogP contribution in [0.4, 0.5) is 0 Å². The maximum Gasteiger partial charge on any atom is 0.297 e. The van der Waals surface area contributed by atoms with Gasteiger partial charge in [-0.15, -0.1) is 11.3 Å². The molecule has 0 radical (unpaired) electrons. The van der Waals surface area contributed by atoms with E-state index in [1.165, 1.54) is 11.3 Å². The Labute approximate surface area is 113 Å². The Hall–Kier alpha value is -1.44. The first-order valence-corrected chi connectivity index (χ1v) is 6.86. The van der Waals surface area contributed by atoms with Gasteiger partial charge in [0.2, 0.25) is 0 Å². The van der Waals surface area contributed by atoms with Gasteiger partial charge in [-0.05, 0) is 12.5 Å². The van der Waals surface area contributed by atoms with Crippen LogP contribution in [0.1, 0.15) is 11.8 Å². The summed E-state index contributed by atoms with van der Waals surface area (Å²) in [7, 11) is 0. The van der Waals surface area contributed by atoms with Crippen LogP contribution in [0, 0.1) is 5.92 Å². The summed E-state index contributed by atoms with van der Waals surface area (Å²) < 4.78 is 5.30. The number of hydrogen-bond acceptors (Lipinski definition) is 6. The van der Waals surface area contributed by atoms with Gasteiger partial charge in [0.15, 0.2) is 0 Å². The molecular formula is C12H16N2O4S. The van der Waals surface area contributed by atoms with Gasteiger partial charge in [-0.3, -0.25) is 9.78 Å². The van der Waals surface area contributed by atoms with Crippen molar-refractivity contribution in [2.24, 2.45) is 5.92 Å². The highest BCUT2D eigenvalue weighted by Gasteiger charge is 2.11. The number of fused-ring (bicyclic) bond motifs is 1. The Kier molecular flexibility index (Phi) is 4.52. The van der Waals surface area contributed by atoms with Crippen LogP contribution < -0.4 is 10.3 Å². The van der Waals surface area contributed by atoms with Crippen LogP contribution in [0.25, 0.3) is 10.2 Å². The number of aromatic nitrogens is 2. The van der Waals surface area contributed by atoms with E-state index in [0.29, 0.717) is 10.2 Å². The van der Waals surface area contributed by atoms with Gasteiger partial charge in [0.1, 0.15) is 4.83 Å². The van der Waals surface area contributed by atoms with Crippen molar-refractivity contribution in [2.45, 2.75) is 13.3 Å². The molecule has 104 valence electrons. The summed E-state index contributed by atoms with van der Waals surface area (Å²) in [5, 5.41) is 18.4. The van der Waals surface area contributed by atoms with Crippen molar-refractivity contribution < 1.29 is 14.9 Å². The summed E-state index contributed by atoms with van der Waals surface area (Å²) in [6.07, 6.45) is 0.855. The second-order valence-corrected chi connectivity index (χ2v) is 5.31. The van der Waals surface area contributed by atoms with E-state index >= 15 is 0 Å². The van der Waals surface area contributed by atoms with E-state index in [1.54, 1.807) is 0 Å². The Bertz CT molecular complexity index is 603. The molecule has 0 bridgehead atoms.